The van der Waals surface area contributed by atoms with Crippen molar-refractivity contribution in [2.75, 3.05) is 0 Å². The zero-order valence-electron chi connectivity index (χ0n) is 13.5. The van der Waals surface area contributed by atoms with Crippen LogP contribution in [-0.2, 0) is 0 Å². The van der Waals surface area contributed by atoms with Crippen molar-refractivity contribution in [3.05, 3.63) is 23.1 Å². The quantitative estimate of drug-likeness (QED) is 0.461. The van der Waals surface area contributed by atoms with E-state index in [1.165, 1.54) is 5.57 Å². The van der Waals surface area contributed by atoms with Gasteiger partial charge in [-0.15, -0.1) is 0 Å². The lowest BCUT2D eigenvalue weighted by Crippen LogP contribution is -2.16. The summed E-state index contributed by atoms with van der Waals surface area (Å²) in [7, 11) is 0. The molecule has 0 N–H and O–H groups in total. The van der Waals surface area contributed by atoms with Crippen molar-refractivity contribution in [1.82, 2.24) is 0 Å². The largest absolute Gasteiger partial charge is 0.151 e. The van der Waals surface area contributed by atoms with Crippen LogP contribution in [0.3, 0.4) is 0 Å². The summed E-state index contributed by atoms with van der Waals surface area (Å²) >= 11 is 4.39. The van der Waals surface area contributed by atoms with Crippen molar-refractivity contribution in [2.45, 2.75) is 61.8 Å². The first-order valence-electron chi connectivity index (χ1n) is 7.00. The van der Waals surface area contributed by atoms with E-state index in [2.05, 4.69) is 80.2 Å². The molecule has 0 aliphatic heterocycles. The third-order valence-corrected chi connectivity index (χ3v) is 3.59. The predicted molar refractivity (Wildman–Crippen MR) is 88.1 cm³/mol. The van der Waals surface area contributed by atoms with Gasteiger partial charge < -0.3 is 0 Å². The lowest BCUT2D eigenvalue weighted by molar-refractivity contribution is 0.401. The van der Waals surface area contributed by atoms with E-state index < -0.39 is 0 Å². The van der Waals surface area contributed by atoms with Crippen LogP contribution in [0.15, 0.2) is 23.1 Å². The molecule has 18 heavy (non-hydrogen) atoms. The maximum Gasteiger partial charge on any atom is -0.0165 e. The topological polar surface area (TPSA) is 0 Å². The molecule has 0 fully saturated rings. The second-order valence-electron chi connectivity index (χ2n) is 7.74. The number of hydrogen-bond donors (Lipinski definition) is 1. The molecule has 1 unspecified atom stereocenters. The summed E-state index contributed by atoms with van der Waals surface area (Å²) < 4.78 is 0. The molecule has 0 aliphatic rings. The normalized spacial score (nSPS) is 16.7. The van der Waals surface area contributed by atoms with E-state index in [0.29, 0.717) is 11.8 Å². The van der Waals surface area contributed by atoms with E-state index >= 15 is 0 Å². The highest BCUT2D eigenvalue weighted by atomic mass is 32.1. The molecule has 0 amide bonds. The van der Waals surface area contributed by atoms with Gasteiger partial charge >= 0.3 is 0 Å². The molecule has 0 nitrogen and oxygen atoms in total. The van der Waals surface area contributed by atoms with Crippen LogP contribution in [0.1, 0.15) is 61.8 Å². The van der Waals surface area contributed by atoms with Crippen LogP contribution in [-0.4, -0.2) is 0 Å². The summed E-state index contributed by atoms with van der Waals surface area (Å²) in [5.41, 5.74) is 1.91. The minimum absolute atomic E-state index is 0.213. The lowest BCUT2D eigenvalue weighted by atomic mass is 9.78. The van der Waals surface area contributed by atoms with Crippen LogP contribution in [0.25, 0.3) is 0 Å². The van der Waals surface area contributed by atoms with Crippen LogP contribution in [0.2, 0.25) is 0 Å². The predicted octanol–water partition coefficient (Wildman–Crippen LogP) is 6.11. The first-order valence-corrected chi connectivity index (χ1v) is 7.52. The number of thiol groups is 1. The monoisotopic (exact) mass is 268 g/mol. The van der Waals surface area contributed by atoms with Crippen LogP contribution in [0.4, 0.5) is 0 Å². The third kappa shape index (κ3) is 7.31. The van der Waals surface area contributed by atoms with Gasteiger partial charge in [-0.1, -0.05) is 73.1 Å². The third-order valence-electron chi connectivity index (χ3n) is 3.27. The number of allylic oxidation sites excluding steroid dienone is 3. The standard InChI is InChI=1S/C17H32S/c1-13(2)14(9-10-16(3,4)5)11-15(12-18)17(6,7)8/h9-10,12-14,18H,11H2,1-8H3/b10-9+,15-12-. The average Bonchev–Trinajstić information content (AvgIpc) is 2.13. The second-order valence-corrected chi connectivity index (χ2v) is 8.00. The van der Waals surface area contributed by atoms with E-state index in [0.717, 1.165) is 6.42 Å². The minimum atomic E-state index is 0.213. The first kappa shape index (κ1) is 17.8. The van der Waals surface area contributed by atoms with Crippen molar-refractivity contribution in [3.8, 4) is 0 Å². The Morgan fingerprint density at radius 2 is 1.56 bits per heavy atom. The second kappa shape index (κ2) is 6.84. The van der Waals surface area contributed by atoms with Crippen molar-refractivity contribution >= 4 is 12.6 Å². The maximum absolute atomic E-state index is 4.39. The Kier molecular flexibility index (Phi) is 6.78. The fourth-order valence-electron chi connectivity index (χ4n) is 1.74. The highest BCUT2D eigenvalue weighted by Crippen LogP contribution is 2.34. The fourth-order valence-corrected chi connectivity index (χ4v) is 2.24. The number of hydrogen-bond acceptors (Lipinski definition) is 1. The molecule has 0 aliphatic carbocycles. The number of rotatable bonds is 4. The summed E-state index contributed by atoms with van der Waals surface area (Å²) in [5.74, 6) is 1.26. The van der Waals surface area contributed by atoms with Crippen molar-refractivity contribution in [3.63, 3.8) is 0 Å². The molecule has 1 atom stereocenters. The Morgan fingerprint density at radius 1 is 1.06 bits per heavy atom. The average molecular weight is 269 g/mol. The van der Waals surface area contributed by atoms with Gasteiger partial charge in [0.05, 0.1) is 0 Å². The lowest BCUT2D eigenvalue weighted by Gasteiger charge is -2.28. The maximum atomic E-state index is 4.39. The van der Waals surface area contributed by atoms with Gasteiger partial charge in [-0.05, 0) is 34.5 Å². The molecule has 0 heterocycles. The van der Waals surface area contributed by atoms with Crippen molar-refractivity contribution < 1.29 is 0 Å². The van der Waals surface area contributed by atoms with Gasteiger partial charge in [0.15, 0.2) is 0 Å². The Morgan fingerprint density at radius 3 is 1.83 bits per heavy atom. The molecular weight excluding hydrogens is 236 g/mol. The van der Waals surface area contributed by atoms with Crippen LogP contribution in [0.5, 0.6) is 0 Å². The summed E-state index contributed by atoms with van der Waals surface area (Å²) in [4.78, 5) is 0. The molecule has 0 aromatic carbocycles. The van der Waals surface area contributed by atoms with Crippen LogP contribution in [0, 0.1) is 22.7 Å². The molecule has 0 saturated heterocycles. The fraction of sp³-hybridized carbons (Fsp3) is 0.765. The van der Waals surface area contributed by atoms with E-state index in [-0.39, 0.29) is 10.8 Å². The molecule has 0 rings (SSSR count). The molecule has 0 aromatic heterocycles. The Balaban J connectivity index is 4.91. The SMILES string of the molecule is CC(C)C(/C=C/C(C)(C)C)C/C(=C/S)C(C)(C)C. The smallest absolute Gasteiger partial charge is 0.0165 e. The summed E-state index contributed by atoms with van der Waals surface area (Å²) in [6.45, 7) is 18.1. The van der Waals surface area contributed by atoms with Crippen molar-refractivity contribution in [1.29, 1.82) is 0 Å². The van der Waals surface area contributed by atoms with Gasteiger partial charge in [-0.25, -0.2) is 0 Å². The Hall–Kier alpha value is -0.170. The Labute approximate surface area is 120 Å². The van der Waals surface area contributed by atoms with Gasteiger partial charge in [-0.2, -0.15) is 12.6 Å². The Bertz CT molecular complexity index is 295. The van der Waals surface area contributed by atoms with Crippen molar-refractivity contribution in [2.24, 2.45) is 22.7 Å². The van der Waals surface area contributed by atoms with E-state index in [1.807, 2.05) is 5.41 Å². The van der Waals surface area contributed by atoms with Crippen LogP contribution < -0.4 is 0 Å². The van der Waals surface area contributed by atoms with E-state index in [1.54, 1.807) is 0 Å². The molecule has 0 radical (unpaired) electrons. The minimum Gasteiger partial charge on any atom is -0.151 e. The summed E-state index contributed by atoms with van der Waals surface area (Å²) in [5, 5.41) is 2.00. The summed E-state index contributed by atoms with van der Waals surface area (Å²) in [6, 6.07) is 0. The molecule has 0 spiro atoms. The molecule has 0 bridgehead atoms. The van der Waals surface area contributed by atoms with E-state index in [9.17, 15) is 0 Å². The molecule has 106 valence electrons. The highest BCUT2D eigenvalue weighted by Gasteiger charge is 2.21. The first-order chi connectivity index (χ1) is 7.97. The zero-order valence-corrected chi connectivity index (χ0v) is 14.4. The zero-order chi connectivity index (χ0) is 14.6. The molecule has 1 heteroatoms. The van der Waals surface area contributed by atoms with Gasteiger partial charge in [0.1, 0.15) is 0 Å². The van der Waals surface area contributed by atoms with Gasteiger partial charge in [0.25, 0.3) is 0 Å². The van der Waals surface area contributed by atoms with Gasteiger partial charge in [-0.3, -0.25) is 0 Å². The van der Waals surface area contributed by atoms with Crippen LogP contribution >= 0.6 is 12.6 Å². The van der Waals surface area contributed by atoms with Gasteiger partial charge in [0, 0.05) is 0 Å². The summed E-state index contributed by atoms with van der Waals surface area (Å²) in [6.07, 6.45) is 5.85. The van der Waals surface area contributed by atoms with Gasteiger partial charge in [0.2, 0.25) is 0 Å². The van der Waals surface area contributed by atoms with E-state index in [4.69, 9.17) is 0 Å². The highest BCUT2D eigenvalue weighted by molar-refractivity contribution is 7.83. The molecule has 0 saturated carbocycles. The molecule has 0 aromatic rings. The molecular formula is C17H32S.